The Morgan fingerprint density at radius 2 is 1.91 bits per heavy atom. The smallest absolute Gasteiger partial charge is 0.315 e. The molecule has 0 spiro atoms. The van der Waals surface area contributed by atoms with E-state index in [1.54, 1.807) is 19.1 Å². The van der Waals surface area contributed by atoms with Crippen LogP contribution in [-0.2, 0) is 0 Å². The summed E-state index contributed by atoms with van der Waals surface area (Å²) in [6.45, 7) is 6.63. The van der Waals surface area contributed by atoms with Crippen molar-refractivity contribution < 1.29 is 14.3 Å². The first kappa shape index (κ1) is 17.5. The third-order valence-corrected chi connectivity index (χ3v) is 3.93. The number of halogens is 1. The number of anilines is 1. The minimum atomic E-state index is -0.253. The van der Waals surface area contributed by atoms with Crippen LogP contribution in [-0.4, -0.2) is 68.0 Å². The number of nitrogens with zero attached hydrogens (tertiary/aromatic N) is 2. The zero-order valence-electron chi connectivity index (χ0n) is 13.5. The number of urea groups is 1. The molecule has 23 heavy (non-hydrogen) atoms. The molecule has 0 aromatic heterocycles. The lowest BCUT2D eigenvalue weighted by molar-refractivity contribution is 0.216. The Labute approximate surface area is 136 Å². The second kappa shape index (κ2) is 8.69. The van der Waals surface area contributed by atoms with Gasteiger partial charge in [0.2, 0.25) is 0 Å². The lowest BCUT2D eigenvalue weighted by atomic mass is 10.2. The first-order valence-electron chi connectivity index (χ1n) is 7.96. The van der Waals surface area contributed by atoms with Gasteiger partial charge in [-0.05, 0) is 31.2 Å². The fourth-order valence-corrected chi connectivity index (χ4v) is 2.53. The zero-order valence-corrected chi connectivity index (χ0v) is 13.5. The Morgan fingerprint density at radius 1 is 1.26 bits per heavy atom. The van der Waals surface area contributed by atoms with E-state index >= 15 is 0 Å². The molecule has 2 rings (SSSR count). The number of aliphatic hydroxyl groups is 1. The fourth-order valence-electron chi connectivity index (χ4n) is 2.53. The van der Waals surface area contributed by atoms with Crippen LogP contribution < -0.4 is 15.5 Å². The highest BCUT2D eigenvalue weighted by Gasteiger charge is 2.17. The molecule has 2 amide bonds. The predicted molar refractivity (Wildman–Crippen MR) is 88.1 cm³/mol. The van der Waals surface area contributed by atoms with Gasteiger partial charge in [0, 0.05) is 45.0 Å². The van der Waals surface area contributed by atoms with Crippen LogP contribution in [0.3, 0.4) is 0 Å². The summed E-state index contributed by atoms with van der Waals surface area (Å²) in [5, 5.41) is 14.3. The molecule has 3 N–H and O–H groups in total. The highest BCUT2D eigenvalue weighted by molar-refractivity contribution is 5.74. The Kier molecular flexibility index (Phi) is 6.61. The van der Waals surface area contributed by atoms with Crippen molar-refractivity contribution >= 4 is 11.7 Å². The van der Waals surface area contributed by atoms with Crippen LogP contribution in [0.15, 0.2) is 24.3 Å². The van der Waals surface area contributed by atoms with Crippen LogP contribution in [0.1, 0.15) is 6.92 Å². The van der Waals surface area contributed by atoms with E-state index in [4.69, 9.17) is 5.11 Å². The Bertz CT molecular complexity index is 489. The molecule has 1 aliphatic heterocycles. The standard InChI is InChI=1S/C16H25FN4O2/c1-13(12-22)19-16(23)18-6-7-20-8-10-21(11-9-20)15-4-2-14(17)3-5-15/h2-5,13,22H,6-12H2,1H3,(H2,18,19,23). The molecule has 128 valence electrons. The summed E-state index contributed by atoms with van der Waals surface area (Å²) in [7, 11) is 0. The highest BCUT2D eigenvalue weighted by Crippen LogP contribution is 2.16. The lowest BCUT2D eigenvalue weighted by Crippen LogP contribution is -2.49. The average molecular weight is 324 g/mol. The van der Waals surface area contributed by atoms with Crippen molar-refractivity contribution in [3.63, 3.8) is 0 Å². The normalized spacial score (nSPS) is 16.9. The SMILES string of the molecule is CC(CO)NC(=O)NCCN1CCN(c2ccc(F)cc2)CC1. The van der Waals surface area contributed by atoms with Crippen molar-refractivity contribution in [2.24, 2.45) is 0 Å². The molecule has 0 bridgehead atoms. The minimum Gasteiger partial charge on any atom is -0.394 e. The van der Waals surface area contributed by atoms with E-state index in [-0.39, 0.29) is 24.5 Å². The predicted octanol–water partition coefficient (Wildman–Crippen LogP) is 0.628. The number of rotatable bonds is 6. The van der Waals surface area contributed by atoms with E-state index < -0.39 is 0 Å². The van der Waals surface area contributed by atoms with Gasteiger partial charge in [-0.25, -0.2) is 9.18 Å². The summed E-state index contributed by atoms with van der Waals surface area (Å²) in [4.78, 5) is 16.1. The molecule has 1 aliphatic rings. The number of piperazine rings is 1. The molecule has 1 aromatic carbocycles. The lowest BCUT2D eigenvalue weighted by Gasteiger charge is -2.36. The summed E-state index contributed by atoms with van der Waals surface area (Å²) < 4.78 is 12.9. The quantitative estimate of drug-likeness (QED) is 0.718. The van der Waals surface area contributed by atoms with E-state index in [1.165, 1.54) is 12.1 Å². The summed E-state index contributed by atoms with van der Waals surface area (Å²) in [5.74, 6) is -0.216. The molecule has 0 aliphatic carbocycles. The van der Waals surface area contributed by atoms with Gasteiger partial charge in [0.05, 0.1) is 12.6 Å². The first-order chi connectivity index (χ1) is 11.1. The Morgan fingerprint density at radius 3 is 2.52 bits per heavy atom. The molecule has 1 atom stereocenters. The molecular formula is C16H25FN4O2. The van der Waals surface area contributed by atoms with Crippen molar-refractivity contribution in [3.05, 3.63) is 30.1 Å². The Balaban J connectivity index is 1.65. The van der Waals surface area contributed by atoms with E-state index in [0.29, 0.717) is 6.54 Å². The van der Waals surface area contributed by atoms with Gasteiger partial charge in [-0.2, -0.15) is 0 Å². The van der Waals surface area contributed by atoms with Crippen molar-refractivity contribution in [2.75, 3.05) is 50.8 Å². The van der Waals surface area contributed by atoms with E-state index in [1.807, 2.05) is 0 Å². The van der Waals surface area contributed by atoms with E-state index in [9.17, 15) is 9.18 Å². The number of nitrogens with one attached hydrogen (secondary N) is 2. The van der Waals surface area contributed by atoms with E-state index in [0.717, 1.165) is 38.4 Å². The largest absolute Gasteiger partial charge is 0.394 e. The molecule has 1 aromatic rings. The minimum absolute atomic E-state index is 0.0707. The summed E-state index contributed by atoms with van der Waals surface area (Å²) in [5.41, 5.74) is 1.04. The van der Waals surface area contributed by atoms with Gasteiger partial charge in [0.15, 0.2) is 0 Å². The molecule has 6 nitrogen and oxygen atoms in total. The highest BCUT2D eigenvalue weighted by atomic mass is 19.1. The number of aliphatic hydroxyl groups excluding tert-OH is 1. The van der Waals surface area contributed by atoms with E-state index in [2.05, 4.69) is 20.4 Å². The van der Waals surface area contributed by atoms with Crippen molar-refractivity contribution in [2.45, 2.75) is 13.0 Å². The molecule has 1 saturated heterocycles. The van der Waals surface area contributed by atoms with Crippen LogP contribution in [0, 0.1) is 5.82 Å². The molecular weight excluding hydrogens is 299 g/mol. The molecule has 0 radical (unpaired) electrons. The average Bonchev–Trinajstić information content (AvgIpc) is 2.56. The van der Waals surface area contributed by atoms with Crippen LogP contribution in [0.4, 0.5) is 14.9 Å². The number of hydrogen-bond acceptors (Lipinski definition) is 4. The van der Waals surface area contributed by atoms with Crippen molar-refractivity contribution in [3.8, 4) is 0 Å². The van der Waals surface area contributed by atoms with Gasteiger partial charge in [0.25, 0.3) is 0 Å². The van der Waals surface area contributed by atoms with Gasteiger partial charge >= 0.3 is 6.03 Å². The van der Waals surface area contributed by atoms with Crippen LogP contribution in [0.2, 0.25) is 0 Å². The number of hydrogen-bond donors (Lipinski definition) is 3. The first-order valence-corrected chi connectivity index (χ1v) is 7.96. The Hall–Kier alpha value is -1.86. The molecule has 7 heteroatoms. The number of carbonyl (C=O) groups excluding carboxylic acids is 1. The second-order valence-electron chi connectivity index (χ2n) is 5.79. The molecule has 1 unspecified atom stereocenters. The van der Waals surface area contributed by atoms with Crippen molar-refractivity contribution in [1.29, 1.82) is 0 Å². The molecule has 1 fully saturated rings. The van der Waals surface area contributed by atoms with Crippen LogP contribution in [0.25, 0.3) is 0 Å². The number of amides is 2. The van der Waals surface area contributed by atoms with Gasteiger partial charge in [-0.3, -0.25) is 4.90 Å². The second-order valence-corrected chi connectivity index (χ2v) is 5.79. The third-order valence-electron chi connectivity index (χ3n) is 3.93. The monoisotopic (exact) mass is 324 g/mol. The topological polar surface area (TPSA) is 67.8 Å². The maximum atomic E-state index is 12.9. The maximum absolute atomic E-state index is 12.9. The molecule has 0 saturated carbocycles. The fraction of sp³-hybridized carbons (Fsp3) is 0.562. The van der Waals surface area contributed by atoms with Gasteiger partial charge in [-0.15, -0.1) is 0 Å². The zero-order chi connectivity index (χ0) is 16.7. The third kappa shape index (κ3) is 5.69. The number of benzene rings is 1. The van der Waals surface area contributed by atoms with Crippen molar-refractivity contribution in [1.82, 2.24) is 15.5 Å². The van der Waals surface area contributed by atoms with Crippen LogP contribution in [0.5, 0.6) is 0 Å². The summed E-state index contributed by atoms with van der Waals surface area (Å²) in [6.07, 6.45) is 0. The maximum Gasteiger partial charge on any atom is 0.315 e. The molecule has 1 heterocycles. The number of carbonyl (C=O) groups is 1. The summed E-state index contributed by atoms with van der Waals surface area (Å²) in [6, 6.07) is 6.08. The summed E-state index contributed by atoms with van der Waals surface area (Å²) >= 11 is 0. The van der Waals surface area contributed by atoms with Gasteiger partial charge in [-0.1, -0.05) is 0 Å². The van der Waals surface area contributed by atoms with Crippen LogP contribution >= 0.6 is 0 Å². The van der Waals surface area contributed by atoms with Gasteiger partial charge in [0.1, 0.15) is 5.82 Å². The van der Waals surface area contributed by atoms with Gasteiger partial charge < -0.3 is 20.6 Å².